The molecule has 10 heavy (non-hydrogen) atoms. The Balaban J connectivity index is 0.000000162. The van der Waals surface area contributed by atoms with Crippen LogP contribution in [0.4, 0.5) is 0 Å². The molecule has 1 aliphatic rings. The zero-order valence-corrected chi connectivity index (χ0v) is 6.63. The summed E-state index contributed by atoms with van der Waals surface area (Å²) in [6, 6.07) is 0. The molecule has 1 fully saturated rings. The van der Waals surface area contributed by atoms with Gasteiger partial charge in [0.05, 0.1) is 0 Å². The van der Waals surface area contributed by atoms with Gasteiger partial charge in [-0.25, -0.2) is 0 Å². The van der Waals surface area contributed by atoms with Crippen LogP contribution >= 0.6 is 0 Å². The summed E-state index contributed by atoms with van der Waals surface area (Å²) in [6.45, 7) is 3.64. The van der Waals surface area contributed by atoms with Gasteiger partial charge in [0.15, 0.2) is 5.78 Å². The van der Waals surface area contributed by atoms with Crippen LogP contribution in [0.1, 0.15) is 13.3 Å². The molecule has 1 N–H and O–H groups in total. The van der Waals surface area contributed by atoms with Crippen molar-refractivity contribution in [3.8, 4) is 0 Å². The normalized spacial score (nSPS) is 16.7. The minimum Gasteiger partial charge on any atom is -0.389 e. The van der Waals surface area contributed by atoms with Crippen LogP contribution < -0.4 is 0 Å². The summed E-state index contributed by atoms with van der Waals surface area (Å²) < 4.78 is 0. The lowest BCUT2D eigenvalue weighted by Gasteiger charge is -2.24. The van der Waals surface area contributed by atoms with Gasteiger partial charge >= 0.3 is 0 Å². The van der Waals surface area contributed by atoms with E-state index in [2.05, 4.69) is 11.9 Å². The Bertz CT molecular complexity index is 99.8. The highest BCUT2D eigenvalue weighted by atomic mass is 16.3. The highest BCUT2D eigenvalue weighted by molar-refractivity contribution is 5.76. The van der Waals surface area contributed by atoms with Crippen molar-refractivity contribution in [1.29, 1.82) is 0 Å². The van der Waals surface area contributed by atoms with Gasteiger partial charge in [0.2, 0.25) is 0 Å². The molecule has 1 heterocycles. The van der Waals surface area contributed by atoms with E-state index in [0.717, 1.165) is 0 Å². The SMILES string of the molecule is CC(=O)CO.CN1CCC1. The number of hydrogen-bond acceptors (Lipinski definition) is 3. The second-order valence-electron chi connectivity index (χ2n) is 2.52. The van der Waals surface area contributed by atoms with E-state index in [9.17, 15) is 4.79 Å². The first-order chi connectivity index (χ1) is 4.66. The topological polar surface area (TPSA) is 40.5 Å². The van der Waals surface area contributed by atoms with Gasteiger partial charge in [-0.1, -0.05) is 0 Å². The van der Waals surface area contributed by atoms with E-state index in [0.29, 0.717) is 0 Å². The van der Waals surface area contributed by atoms with Crippen molar-refractivity contribution in [1.82, 2.24) is 4.90 Å². The molecule has 1 aliphatic heterocycles. The van der Waals surface area contributed by atoms with Crippen molar-refractivity contribution < 1.29 is 9.90 Å². The minimum atomic E-state index is -0.333. The smallest absolute Gasteiger partial charge is 0.155 e. The van der Waals surface area contributed by atoms with Gasteiger partial charge in [-0.05, 0) is 33.5 Å². The summed E-state index contributed by atoms with van der Waals surface area (Å²) in [4.78, 5) is 11.9. The monoisotopic (exact) mass is 145 g/mol. The molecule has 0 unspecified atom stereocenters. The number of Topliss-reactive ketones (excluding diaryl/α,β-unsaturated/α-hetero) is 1. The van der Waals surface area contributed by atoms with Gasteiger partial charge in [-0.2, -0.15) is 0 Å². The van der Waals surface area contributed by atoms with Gasteiger partial charge in [-0.3, -0.25) is 4.79 Å². The summed E-state index contributed by atoms with van der Waals surface area (Å²) in [7, 11) is 2.14. The van der Waals surface area contributed by atoms with Crippen LogP contribution in [0.5, 0.6) is 0 Å². The van der Waals surface area contributed by atoms with Crippen molar-refractivity contribution in [2.24, 2.45) is 0 Å². The molecule has 0 amide bonds. The Labute approximate surface area is 61.6 Å². The van der Waals surface area contributed by atoms with Crippen LogP contribution in [0.15, 0.2) is 0 Å². The number of rotatable bonds is 1. The fourth-order valence-electron chi connectivity index (χ4n) is 0.474. The number of aliphatic hydroxyl groups is 1. The molecule has 1 saturated heterocycles. The van der Waals surface area contributed by atoms with Crippen LogP contribution in [0.3, 0.4) is 0 Å². The Morgan fingerprint density at radius 2 is 1.90 bits per heavy atom. The summed E-state index contributed by atoms with van der Waals surface area (Å²) in [5.41, 5.74) is 0. The van der Waals surface area contributed by atoms with Crippen molar-refractivity contribution >= 4 is 5.78 Å². The van der Waals surface area contributed by atoms with Crippen molar-refractivity contribution in [3.05, 3.63) is 0 Å². The average Bonchev–Trinajstić information content (AvgIpc) is 1.85. The van der Waals surface area contributed by atoms with Crippen LogP contribution in [0.25, 0.3) is 0 Å². The molecule has 0 radical (unpaired) electrons. The third kappa shape index (κ3) is 5.72. The summed E-state index contributed by atoms with van der Waals surface area (Å²) in [5, 5.41) is 7.79. The number of carbonyl (C=O) groups is 1. The summed E-state index contributed by atoms with van der Waals surface area (Å²) in [5.74, 6) is -0.190. The number of carbonyl (C=O) groups excluding carboxylic acids is 1. The zero-order chi connectivity index (χ0) is 7.98. The second-order valence-corrected chi connectivity index (χ2v) is 2.52. The molecule has 0 aromatic rings. The molecule has 0 atom stereocenters. The van der Waals surface area contributed by atoms with E-state index in [1.54, 1.807) is 0 Å². The first kappa shape index (κ1) is 9.59. The van der Waals surface area contributed by atoms with Gasteiger partial charge in [0.1, 0.15) is 6.61 Å². The number of likely N-dealkylation sites (tertiary alicyclic amines) is 1. The predicted molar refractivity (Wildman–Crippen MR) is 39.9 cm³/mol. The largest absolute Gasteiger partial charge is 0.389 e. The fraction of sp³-hybridized carbons (Fsp3) is 0.857. The third-order valence-electron chi connectivity index (χ3n) is 1.30. The molecule has 0 aromatic heterocycles. The van der Waals surface area contributed by atoms with Crippen molar-refractivity contribution in [2.75, 3.05) is 26.7 Å². The first-order valence-corrected chi connectivity index (χ1v) is 3.45. The lowest BCUT2D eigenvalue weighted by Crippen LogP contribution is -2.32. The number of ketones is 1. The molecule has 0 aliphatic carbocycles. The van der Waals surface area contributed by atoms with Gasteiger partial charge in [-0.15, -0.1) is 0 Å². The number of aliphatic hydroxyl groups excluding tert-OH is 1. The van der Waals surface area contributed by atoms with Gasteiger partial charge < -0.3 is 10.0 Å². The lowest BCUT2D eigenvalue weighted by atomic mass is 10.3. The van der Waals surface area contributed by atoms with E-state index in [1.165, 1.54) is 26.4 Å². The van der Waals surface area contributed by atoms with Crippen LogP contribution in [0, 0.1) is 0 Å². The summed E-state index contributed by atoms with van der Waals surface area (Å²) in [6.07, 6.45) is 1.41. The molecule has 0 spiro atoms. The minimum absolute atomic E-state index is 0.190. The standard InChI is InChI=1S/C4H9N.C3H6O2/c1-5-3-2-4-5;1-3(5)2-4/h2-4H2,1H3;4H,2H2,1H3. The Morgan fingerprint density at radius 3 is 1.90 bits per heavy atom. The van der Waals surface area contributed by atoms with Gasteiger partial charge in [0, 0.05) is 0 Å². The van der Waals surface area contributed by atoms with Crippen LogP contribution in [-0.4, -0.2) is 42.5 Å². The quantitative estimate of drug-likeness (QED) is 0.559. The summed E-state index contributed by atoms with van der Waals surface area (Å²) >= 11 is 0. The molecule has 60 valence electrons. The second kappa shape index (κ2) is 5.38. The molecule has 1 rings (SSSR count). The van der Waals surface area contributed by atoms with E-state index < -0.39 is 0 Å². The Kier molecular flexibility index (Phi) is 5.16. The Morgan fingerprint density at radius 1 is 1.60 bits per heavy atom. The maximum absolute atomic E-state index is 9.56. The molecule has 0 saturated carbocycles. The fourth-order valence-corrected chi connectivity index (χ4v) is 0.474. The highest BCUT2D eigenvalue weighted by Gasteiger charge is 2.04. The van der Waals surface area contributed by atoms with E-state index >= 15 is 0 Å². The van der Waals surface area contributed by atoms with Gasteiger partial charge in [0.25, 0.3) is 0 Å². The number of nitrogens with zero attached hydrogens (tertiary/aromatic N) is 1. The molecular formula is C7H15NO2. The van der Waals surface area contributed by atoms with E-state index in [-0.39, 0.29) is 12.4 Å². The van der Waals surface area contributed by atoms with Crippen molar-refractivity contribution in [3.63, 3.8) is 0 Å². The zero-order valence-electron chi connectivity index (χ0n) is 6.63. The highest BCUT2D eigenvalue weighted by Crippen LogP contribution is 1.98. The molecule has 0 bridgehead atoms. The number of hydrogen-bond donors (Lipinski definition) is 1. The van der Waals surface area contributed by atoms with E-state index in [4.69, 9.17) is 5.11 Å². The first-order valence-electron chi connectivity index (χ1n) is 3.45. The maximum Gasteiger partial charge on any atom is 0.155 e. The maximum atomic E-state index is 9.56. The van der Waals surface area contributed by atoms with E-state index in [1.807, 2.05) is 0 Å². The Hall–Kier alpha value is -0.410. The predicted octanol–water partition coefficient (Wildman–Crippen LogP) is -0.110. The third-order valence-corrected chi connectivity index (χ3v) is 1.30. The molecule has 0 aromatic carbocycles. The lowest BCUT2D eigenvalue weighted by molar-refractivity contribution is -0.119. The van der Waals surface area contributed by atoms with Crippen LogP contribution in [0.2, 0.25) is 0 Å². The average molecular weight is 145 g/mol. The van der Waals surface area contributed by atoms with Crippen molar-refractivity contribution in [2.45, 2.75) is 13.3 Å². The molecule has 3 nitrogen and oxygen atoms in total. The molecular weight excluding hydrogens is 130 g/mol. The van der Waals surface area contributed by atoms with Crippen LogP contribution in [-0.2, 0) is 4.79 Å². The molecule has 3 heteroatoms.